The molecule has 4 nitrogen and oxygen atoms in total. The first kappa shape index (κ1) is 13.2. The maximum Gasteiger partial charge on any atom is 0.260 e. The fraction of sp³-hybridized carbons (Fsp3) is 0.467. The Bertz CT molecular complexity index is 589. The molecule has 0 saturated carbocycles. The maximum absolute atomic E-state index is 13.9. The second-order valence-electron chi connectivity index (χ2n) is 5.30. The van der Waals surface area contributed by atoms with Gasteiger partial charge < -0.3 is 9.84 Å². The van der Waals surface area contributed by atoms with Crippen molar-refractivity contribution >= 4 is 0 Å². The Morgan fingerprint density at radius 1 is 1.30 bits per heavy atom. The van der Waals surface area contributed by atoms with Gasteiger partial charge in [-0.15, -0.1) is 0 Å². The van der Waals surface area contributed by atoms with Gasteiger partial charge in [-0.3, -0.25) is 0 Å². The van der Waals surface area contributed by atoms with Crippen molar-refractivity contribution in [2.45, 2.75) is 38.6 Å². The highest BCUT2D eigenvalue weighted by Gasteiger charge is 2.21. The Hall–Kier alpha value is -1.75. The lowest BCUT2D eigenvalue weighted by molar-refractivity contribution is 0.401. The normalized spacial score (nSPS) is 19.8. The zero-order valence-electron chi connectivity index (χ0n) is 11.5. The molecule has 1 atom stereocenters. The molecule has 0 bridgehead atoms. The van der Waals surface area contributed by atoms with Gasteiger partial charge in [-0.1, -0.05) is 24.1 Å². The lowest BCUT2D eigenvalue weighted by Gasteiger charge is -2.09. The van der Waals surface area contributed by atoms with Crippen LogP contribution in [0.1, 0.15) is 43.1 Å². The van der Waals surface area contributed by atoms with E-state index in [-0.39, 0.29) is 17.7 Å². The number of benzene rings is 1. The van der Waals surface area contributed by atoms with E-state index < -0.39 is 0 Å². The molecule has 0 spiro atoms. The van der Waals surface area contributed by atoms with E-state index in [2.05, 4.69) is 15.5 Å². The van der Waals surface area contributed by atoms with Gasteiger partial charge in [-0.05, 0) is 44.0 Å². The molecule has 5 heteroatoms. The van der Waals surface area contributed by atoms with Crippen LogP contribution in [0.25, 0.3) is 11.5 Å². The van der Waals surface area contributed by atoms with Crippen molar-refractivity contribution in [3.05, 3.63) is 35.4 Å². The van der Waals surface area contributed by atoms with E-state index in [0.717, 1.165) is 24.9 Å². The average molecular weight is 275 g/mol. The summed E-state index contributed by atoms with van der Waals surface area (Å²) < 4.78 is 19.1. The van der Waals surface area contributed by atoms with Gasteiger partial charge in [0.15, 0.2) is 5.82 Å². The first-order valence-electron chi connectivity index (χ1n) is 7.07. The Morgan fingerprint density at radius 2 is 2.20 bits per heavy atom. The SMILES string of the molecule is Cc1ccc(-c2nc(C3CCCCCN3)no2)c(F)c1. The number of aromatic nitrogens is 2. The fourth-order valence-electron chi connectivity index (χ4n) is 2.53. The van der Waals surface area contributed by atoms with Gasteiger partial charge in [-0.2, -0.15) is 4.98 Å². The summed E-state index contributed by atoms with van der Waals surface area (Å²) in [4.78, 5) is 4.36. The van der Waals surface area contributed by atoms with Crippen LogP contribution in [0, 0.1) is 12.7 Å². The fourth-order valence-corrected chi connectivity index (χ4v) is 2.53. The van der Waals surface area contributed by atoms with E-state index in [1.165, 1.54) is 18.9 Å². The van der Waals surface area contributed by atoms with E-state index in [4.69, 9.17) is 4.52 Å². The summed E-state index contributed by atoms with van der Waals surface area (Å²) in [6.45, 7) is 2.81. The van der Waals surface area contributed by atoms with Gasteiger partial charge in [0.25, 0.3) is 5.89 Å². The van der Waals surface area contributed by atoms with Crippen LogP contribution in [0.5, 0.6) is 0 Å². The van der Waals surface area contributed by atoms with Crippen molar-refractivity contribution < 1.29 is 8.91 Å². The largest absolute Gasteiger partial charge is 0.334 e. The molecule has 1 aliphatic rings. The van der Waals surface area contributed by atoms with Crippen molar-refractivity contribution in [3.63, 3.8) is 0 Å². The third kappa shape index (κ3) is 2.72. The third-order valence-electron chi connectivity index (χ3n) is 3.67. The number of halogens is 1. The summed E-state index contributed by atoms with van der Waals surface area (Å²) in [6.07, 6.45) is 4.55. The summed E-state index contributed by atoms with van der Waals surface area (Å²) >= 11 is 0. The molecular weight excluding hydrogens is 257 g/mol. The zero-order chi connectivity index (χ0) is 13.9. The van der Waals surface area contributed by atoms with Gasteiger partial charge >= 0.3 is 0 Å². The molecule has 1 unspecified atom stereocenters. The van der Waals surface area contributed by atoms with Crippen LogP contribution in [0.15, 0.2) is 22.7 Å². The molecule has 1 aliphatic heterocycles. The summed E-state index contributed by atoms with van der Waals surface area (Å²) in [5.41, 5.74) is 1.24. The smallest absolute Gasteiger partial charge is 0.260 e. The molecule has 1 saturated heterocycles. The zero-order valence-corrected chi connectivity index (χ0v) is 11.5. The minimum absolute atomic E-state index is 0.114. The Balaban J connectivity index is 1.85. The molecule has 0 aliphatic carbocycles. The van der Waals surface area contributed by atoms with Crippen LogP contribution in [0.3, 0.4) is 0 Å². The van der Waals surface area contributed by atoms with Gasteiger partial charge in [-0.25, -0.2) is 4.39 Å². The number of aryl methyl sites for hydroxylation is 1. The van der Waals surface area contributed by atoms with E-state index in [1.807, 2.05) is 13.0 Å². The van der Waals surface area contributed by atoms with Crippen LogP contribution in [0.4, 0.5) is 4.39 Å². The van der Waals surface area contributed by atoms with E-state index >= 15 is 0 Å². The number of nitrogens with one attached hydrogen (secondary N) is 1. The summed E-state index contributed by atoms with van der Waals surface area (Å²) in [5, 5.41) is 7.41. The number of rotatable bonds is 2. The van der Waals surface area contributed by atoms with Crippen molar-refractivity contribution in [1.82, 2.24) is 15.5 Å². The van der Waals surface area contributed by atoms with Gasteiger partial charge in [0.2, 0.25) is 0 Å². The molecular formula is C15H18FN3O. The van der Waals surface area contributed by atoms with Crippen LogP contribution in [-0.2, 0) is 0 Å². The van der Waals surface area contributed by atoms with Gasteiger partial charge in [0.05, 0.1) is 11.6 Å². The van der Waals surface area contributed by atoms with E-state index in [0.29, 0.717) is 11.4 Å². The summed E-state index contributed by atoms with van der Waals surface area (Å²) in [6, 6.07) is 5.11. The van der Waals surface area contributed by atoms with Crippen molar-refractivity contribution in [3.8, 4) is 11.5 Å². The molecule has 2 aromatic rings. The molecule has 0 radical (unpaired) electrons. The average Bonchev–Trinajstić information content (AvgIpc) is 2.74. The second-order valence-corrected chi connectivity index (χ2v) is 5.30. The van der Waals surface area contributed by atoms with Crippen LogP contribution in [-0.4, -0.2) is 16.7 Å². The highest BCUT2D eigenvalue weighted by molar-refractivity contribution is 5.54. The van der Waals surface area contributed by atoms with Crippen LogP contribution >= 0.6 is 0 Å². The molecule has 1 fully saturated rings. The van der Waals surface area contributed by atoms with E-state index in [9.17, 15) is 4.39 Å². The lowest BCUT2D eigenvalue weighted by atomic mass is 10.1. The van der Waals surface area contributed by atoms with Crippen molar-refractivity contribution in [1.29, 1.82) is 0 Å². The number of nitrogens with zero attached hydrogens (tertiary/aromatic N) is 2. The molecule has 3 rings (SSSR count). The molecule has 1 aromatic carbocycles. The predicted octanol–water partition coefficient (Wildman–Crippen LogP) is 3.39. The minimum Gasteiger partial charge on any atom is -0.334 e. The Kier molecular flexibility index (Phi) is 3.78. The molecule has 1 aromatic heterocycles. The monoisotopic (exact) mass is 275 g/mol. The first-order valence-corrected chi connectivity index (χ1v) is 7.07. The lowest BCUT2D eigenvalue weighted by Crippen LogP contribution is -2.21. The third-order valence-corrected chi connectivity index (χ3v) is 3.67. The minimum atomic E-state index is -0.325. The highest BCUT2D eigenvalue weighted by Crippen LogP contribution is 2.25. The Labute approximate surface area is 117 Å². The van der Waals surface area contributed by atoms with E-state index in [1.54, 1.807) is 6.07 Å². The summed E-state index contributed by atoms with van der Waals surface area (Å²) in [7, 11) is 0. The quantitative estimate of drug-likeness (QED) is 0.912. The molecule has 20 heavy (non-hydrogen) atoms. The molecule has 1 N–H and O–H groups in total. The topological polar surface area (TPSA) is 51.0 Å². The number of hydrogen-bond acceptors (Lipinski definition) is 4. The van der Waals surface area contributed by atoms with Crippen molar-refractivity contribution in [2.75, 3.05) is 6.54 Å². The Morgan fingerprint density at radius 3 is 3.05 bits per heavy atom. The van der Waals surface area contributed by atoms with Crippen LogP contribution < -0.4 is 5.32 Å². The van der Waals surface area contributed by atoms with Gasteiger partial charge in [0, 0.05) is 0 Å². The maximum atomic E-state index is 13.9. The van der Waals surface area contributed by atoms with Crippen molar-refractivity contribution in [2.24, 2.45) is 0 Å². The predicted molar refractivity (Wildman–Crippen MR) is 73.6 cm³/mol. The molecule has 106 valence electrons. The second kappa shape index (κ2) is 5.71. The standard InChI is InChI=1S/C15H18FN3O/c1-10-6-7-11(12(16)9-10)15-18-14(19-20-15)13-5-3-2-4-8-17-13/h6-7,9,13,17H,2-5,8H2,1H3. The van der Waals surface area contributed by atoms with Crippen LogP contribution in [0.2, 0.25) is 0 Å². The van der Waals surface area contributed by atoms with Gasteiger partial charge in [0.1, 0.15) is 5.82 Å². The number of hydrogen-bond donors (Lipinski definition) is 1. The summed E-state index contributed by atoms with van der Waals surface area (Å²) in [5.74, 6) is 0.555. The molecule has 2 heterocycles. The molecule has 0 amide bonds. The highest BCUT2D eigenvalue weighted by atomic mass is 19.1. The first-order chi connectivity index (χ1) is 9.74.